The molecule has 0 saturated carbocycles. The van der Waals surface area contributed by atoms with Crippen molar-refractivity contribution >= 4 is 15.7 Å². The Hall–Kier alpha value is -0.620. The fraction of sp³-hybridized carbons (Fsp3) is 0.900. The fourth-order valence-electron chi connectivity index (χ4n) is 1.91. The van der Waals surface area contributed by atoms with Gasteiger partial charge in [0.25, 0.3) is 0 Å². The summed E-state index contributed by atoms with van der Waals surface area (Å²) in [6.07, 6.45) is 1.20. The van der Waals surface area contributed by atoms with Gasteiger partial charge in [0.05, 0.1) is 11.7 Å². The predicted molar refractivity (Wildman–Crippen MR) is 62.9 cm³/mol. The van der Waals surface area contributed by atoms with Crippen molar-refractivity contribution in [2.45, 2.75) is 19.9 Å². The number of rotatable bonds is 5. The van der Waals surface area contributed by atoms with Gasteiger partial charge in [-0.05, 0) is 13.8 Å². The van der Waals surface area contributed by atoms with E-state index in [1.54, 1.807) is 11.8 Å². The minimum Gasteiger partial charge on any atom is -0.339 e. The summed E-state index contributed by atoms with van der Waals surface area (Å²) >= 11 is 0. The average Bonchev–Trinajstić information content (AvgIpc) is 1.97. The molecule has 1 saturated heterocycles. The number of amides is 1. The van der Waals surface area contributed by atoms with E-state index in [2.05, 4.69) is 5.32 Å². The molecule has 1 aliphatic heterocycles. The molecule has 0 radical (unpaired) electrons. The summed E-state index contributed by atoms with van der Waals surface area (Å²) in [5.41, 5.74) is 0. The molecule has 1 atom stereocenters. The maximum absolute atomic E-state index is 12.0. The van der Waals surface area contributed by atoms with E-state index >= 15 is 0 Å². The molecule has 1 amide bonds. The van der Waals surface area contributed by atoms with Crippen LogP contribution in [-0.2, 0) is 14.6 Å². The molecule has 16 heavy (non-hydrogen) atoms. The number of carbonyl (C=O) groups is 1. The summed E-state index contributed by atoms with van der Waals surface area (Å²) in [6, 6.07) is -0.243. The Balaban J connectivity index is 2.62. The van der Waals surface area contributed by atoms with Crippen LogP contribution in [0.25, 0.3) is 0 Å². The number of carbonyl (C=O) groups excluding carboxylic acids is 1. The van der Waals surface area contributed by atoms with E-state index in [9.17, 15) is 13.2 Å². The van der Waals surface area contributed by atoms with E-state index < -0.39 is 9.84 Å². The summed E-state index contributed by atoms with van der Waals surface area (Å²) < 4.78 is 22.4. The molecule has 0 aliphatic carbocycles. The van der Waals surface area contributed by atoms with Crippen molar-refractivity contribution in [2.75, 3.05) is 31.6 Å². The number of nitrogens with one attached hydrogen (secondary N) is 1. The molecule has 0 aromatic carbocycles. The van der Waals surface area contributed by atoms with Gasteiger partial charge in [-0.1, -0.05) is 0 Å². The van der Waals surface area contributed by atoms with Crippen molar-refractivity contribution in [3.8, 4) is 0 Å². The summed E-state index contributed by atoms with van der Waals surface area (Å²) in [4.78, 5) is 13.6. The van der Waals surface area contributed by atoms with Crippen LogP contribution in [0.4, 0.5) is 0 Å². The van der Waals surface area contributed by atoms with E-state index in [-0.39, 0.29) is 23.6 Å². The molecule has 6 heteroatoms. The van der Waals surface area contributed by atoms with Crippen LogP contribution in [0, 0.1) is 5.92 Å². The number of hydrogen-bond donors (Lipinski definition) is 1. The highest BCUT2D eigenvalue weighted by Crippen LogP contribution is 2.12. The van der Waals surface area contributed by atoms with Crippen molar-refractivity contribution in [1.29, 1.82) is 0 Å². The third kappa shape index (κ3) is 3.45. The summed E-state index contributed by atoms with van der Waals surface area (Å²) in [6.45, 7) is 5.64. The second kappa shape index (κ2) is 5.14. The number of nitrogens with zero attached hydrogens (tertiary/aromatic N) is 1. The molecule has 94 valence electrons. The lowest BCUT2D eigenvalue weighted by Crippen LogP contribution is -2.54. The SMILES string of the molecule is CCN(C(=O)C1CNC1)C(C)CS(C)(=O)=O. The van der Waals surface area contributed by atoms with Crippen molar-refractivity contribution in [3.63, 3.8) is 0 Å². The van der Waals surface area contributed by atoms with Crippen molar-refractivity contribution in [3.05, 3.63) is 0 Å². The molecule has 0 spiro atoms. The molecular weight excluding hydrogens is 228 g/mol. The lowest BCUT2D eigenvalue weighted by molar-refractivity contribution is -0.138. The van der Waals surface area contributed by atoms with E-state index in [0.717, 1.165) is 0 Å². The van der Waals surface area contributed by atoms with Crippen LogP contribution in [-0.4, -0.2) is 56.9 Å². The number of sulfone groups is 1. The number of hydrogen-bond acceptors (Lipinski definition) is 4. The van der Waals surface area contributed by atoms with Crippen LogP contribution in [0.15, 0.2) is 0 Å². The van der Waals surface area contributed by atoms with Crippen LogP contribution in [0.5, 0.6) is 0 Å². The van der Waals surface area contributed by atoms with Gasteiger partial charge < -0.3 is 10.2 Å². The highest BCUT2D eigenvalue weighted by atomic mass is 32.2. The first-order valence-corrected chi connectivity index (χ1v) is 7.60. The first-order valence-electron chi connectivity index (χ1n) is 5.54. The van der Waals surface area contributed by atoms with Gasteiger partial charge in [-0.3, -0.25) is 4.79 Å². The van der Waals surface area contributed by atoms with Crippen LogP contribution < -0.4 is 5.32 Å². The van der Waals surface area contributed by atoms with Crippen molar-refractivity contribution in [2.24, 2.45) is 5.92 Å². The summed E-state index contributed by atoms with van der Waals surface area (Å²) in [5.74, 6) is 0.131. The van der Waals surface area contributed by atoms with Gasteiger partial charge in [0.1, 0.15) is 9.84 Å². The lowest BCUT2D eigenvalue weighted by atomic mass is 10.0. The van der Waals surface area contributed by atoms with E-state index in [4.69, 9.17) is 0 Å². The minimum absolute atomic E-state index is 0.0296. The highest BCUT2D eigenvalue weighted by molar-refractivity contribution is 7.90. The van der Waals surface area contributed by atoms with Gasteiger partial charge in [-0.2, -0.15) is 0 Å². The Bertz CT molecular complexity index is 349. The Kier molecular flexibility index (Phi) is 4.32. The summed E-state index contributed by atoms with van der Waals surface area (Å²) in [5, 5.41) is 3.04. The van der Waals surface area contributed by atoms with Gasteiger partial charge >= 0.3 is 0 Å². The topological polar surface area (TPSA) is 66.5 Å². The molecule has 1 aliphatic rings. The Labute approximate surface area is 97.1 Å². The molecule has 0 aromatic heterocycles. The molecule has 5 nitrogen and oxygen atoms in total. The standard InChI is InChI=1S/C10H20N2O3S/c1-4-12(8(2)7-16(3,14)15)10(13)9-5-11-6-9/h8-9,11H,4-7H2,1-3H3. The minimum atomic E-state index is -3.04. The van der Waals surface area contributed by atoms with Crippen molar-refractivity contribution in [1.82, 2.24) is 10.2 Å². The quantitative estimate of drug-likeness (QED) is 0.711. The average molecular weight is 248 g/mol. The first-order chi connectivity index (χ1) is 7.35. The van der Waals surface area contributed by atoms with Gasteiger partial charge in [0.2, 0.25) is 5.91 Å². The zero-order valence-corrected chi connectivity index (χ0v) is 10.9. The molecule has 1 rings (SSSR count). The predicted octanol–water partition coefficient (Wildman–Crippen LogP) is -0.513. The van der Waals surface area contributed by atoms with Crippen LogP contribution in [0.1, 0.15) is 13.8 Å². The van der Waals surface area contributed by atoms with Crippen LogP contribution in [0.2, 0.25) is 0 Å². The normalized spacial score (nSPS) is 18.9. The molecule has 1 heterocycles. The highest BCUT2D eigenvalue weighted by Gasteiger charge is 2.31. The van der Waals surface area contributed by atoms with Gasteiger partial charge in [-0.25, -0.2) is 8.42 Å². The molecule has 1 fully saturated rings. The van der Waals surface area contributed by atoms with E-state index in [1.165, 1.54) is 6.26 Å². The molecular formula is C10H20N2O3S. The van der Waals surface area contributed by atoms with E-state index in [0.29, 0.717) is 19.6 Å². The van der Waals surface area contributed by atoms with Gasteiger partial charge in [0.15, 0.2) is 0 Å². The Morgan fingerprint density at radius 1 is 1.50 bits per heavy atom. The molecule has 1 unspecified atom stereocenters. The smallest absolute Gasteiger partial charge is 0.228 e. The third-order valence-electron chi connectivity index (χ3n) is 2.83. The molecule has 1 N–H and O–H groups in total. The van der Waals surface area contributed by atoms with Crippen LogP contribution >= 0.6 is 0 Å². The zero-order valence-electron chi connectivity index (χ0n) is 10.1. The largest absolute Gasteiger partial charge is 0.339 e. The maximum Gasteiger partial charge on any atom is 0.228 e. The Morgan fingerprint density at radius 2 is 2.06 bits per heavy atom. The first kappa shape index (κ1) is 13.4. The summed E-state index contributed by atoms with van der Waals surface area (Å²) in [7, 11) is -3.04. The monoisotopic (exact) mass is 248 g/mol. The van der Waals surface area contributed by atoms with Gasteiger partial charge in [0, 0.05) is 31.9 Å². The third-order valence-corrected chi connectivity index (χ3v) is 3.92. The van der Waals surface area contributed by atoms with Crippen molar-refractivity contribution < 1.29 is 13.2 Å². The van der Waals surface area contributed by atoms with Crippen LogP contribution in [0.3, 0.4) is 0 Å². The Morgan fingerprint density at radius 3 is 2.38 bits per heavy atom. The second-order valence-corrected chi connectivity index (χ2v) is 6.61. The van der Waals surface area contributed by atoms with Gasteiger partial charge in [-0.15, -0.1) is 0 Å². The molecule has 0 bridgehead atoms. The maximum atomic E-state index is 12.0. The lowest BCUT2D eigenvalue weighted by Gasteiger charge is -2.35. The zero-order chi connectivity index (χ0) is 12.3. The fourth-order valence-corrected chi connectivity index (χ4v) is 2.97. The molecule has 0 aromatic rings. The van der Waals surface area contributed by atoms with E-state index in [1.807, 2.05) is 6.92 Å². The second-order valence-electron chi connectivity index (χ2n) is 4.42.